The smallest absolute Gasteiger partial charge is 0.408 e. The zero-order valence-electron chi connectivity index (χ0n) is 22.7. The van der Waals surface area contributed by atoms with Crippen molar-refractivity contribution in [2.24, 2.45) is 11.8 Å². The largest absolute Gasteiger partial charge is 0.444 e. The van der Waals surface area contributed by atoms with E-state index < -0.39 is 47.4 Å². The highest BCUT2D eigenvalue weighted by atomic mass is 19.3. The first-order valence-electron chi connectivity index (χ1n) is 13.4. The first kappa shape index (κ1) is 29.6. The molecular weight excluding hydrogens is 532 g/mol. The van der Waals surface area contributed by atoms with Gasteiger partial charge in [-0.05, 0) is 57.1 Å². The molecular formula is C27H34F4N6O3. The minimum atomic E-state index is -2.74. The Morgan fingerprint density at radius 2 is 1.85 bits per heavy atom. The third-order valence-corrected chi connectivity index (χ3v) is 7.20. The molecule has 2 aromatic heterocycles. The van der Waals surface area contributed by atoms with Crippen LogP contribution in [0.3, 0.4) is 0 Å². The summed E-state index contributed by atoms with van der Waals surface area (Å²) in [4.78, 5) is 29.5. The van der Waals surface area contributed by atoms with Gasteiger partial charge in [-0.15, -0.1) is 0 Å². The van der Waals surface area contributed by atoms with Gasteiger partial charge in [-0.25, -0.2) is 31.9 Å². The van der Waals surface area contributed by atoms with Gasteiger partial charge in [-0.1, -0.05) is 0 Å². The van der Waals surface area contributed by atoms with Crippen molar-refractivity contribution in [3.63, 3.8) is 0 Å². The van der Waals surface area contributed by atoms with E-state index in [1.165, 1.54) is 10.7 Å². The molecule has 2 saturated carbocycles. The number of halogens is 4. The highest BCUT2D eigenvalue weighted by molar-refractivity contribution is 5.77. The predicted octanol–water partition coefficient (Wildman–Crippen LogP) is 5.11. The number of amides is 2. The second-order valence-corrected chi connectivity index (χ2v) is 11.9. The van der Waals surface area contributed by atoms with Gasteiger partial charge in [0, 0.05) is 38.5 Å². The maximum absolute atomic E-state index is 13.8. The summed E-state index contributed by atoms with van der Waals surface area (Å²) >= 11 is 0. The van der Waals surface area contributed by atoms with Crippen molar-refractivity contribution in [1.29, 1.82) is 5.26 Å². The molecule has 2 heterocycles. The summed E-state index contributed by atoms with van der Waals surface area (Å²) in [6, 6.07) is 2.12. The fourth-order valence-electron chi connectivity index (χ4n) is 5.27. The lowest BCUT2D eigenvalue weighted by Crippen LogP contribution is -2.41. The Morgan fingerprint density at radius 3 is 2.45 bits per heavy atom. The molecule has 0 spiro atoms. The number of alkyl halides is 4. The zero-order valence-corrected chi connectivity index (χ0v) is 22.7. The highest BCUT2D eigenvalue weighted by Gasteiger charge is 2.46. The van der Waals surface area contributed by atoms with Gasteiger partial charge >= 0.3 is 6.09 Å². The van der Waals surface area contributed by atoms with Crippen LogP contribution in [0.5, 0.6) is 0 Å². The molecule has 40 heavy (non-hydrogen) atoms. The Hall–Kier alpha value is -3.43. The van der Waals surface area contributed by atoms with Crippen molar-refractivity contribution in [1.82, 2.24) is 25.2 Å². The van der Waals surface area contributed by atoms with E-state index in [0.717, 1.165) is 0 Å². The van der Waals surface area contributed by atoms with Crippen LogP contribution in [0.2, 0.25) is 0 Å². The van der Waals surface area contributed by atoms with E-state index in [4.69, 9.17) is 4.74 Å². The summed E-state index contributed by atoms with van der Waals surface area (Å²) in [5, 5.41) is 19.2. The molecule has 2 amide bonds. The SMILES string of the molecule is CC(C)(C)OC(=O)N[C@H](c1cn2ncc(C[C@@H](C#N)NC(=O)CC3CC(F)(F)C3)cc2n1)C1CCC(F)(F)CC1. The lowest BCUT2D eigenvalue weighted by atomic mass is 9.79. The van der Waals surface area contributed by atoms with E-state index in [-0.39, 0.29) is 57.3 Å². The zero-order chi connectivity index (χ0) is 29.3. The number of nitrogens with zero attached hydrogens (tertiary/aromatic N) is 4. The quantitative estimate of drug-likeness (QED) is 0.429. The molecule has 0 unspecified atom stereocenters. The molecule has 4 rings (SSSR count). The van der Waals surface area contributed by atoms with E-state index in [0.29, 0.717) is 16.9 Å². The molecule has 13 heteroatoms. The summed E-state index contributed by atoms with van der Waals surface area (Å²) in [5.74, 6) is -6.59. The molecule has 2 aromatic rings. The molecule has 9 nitrogen and oxygen atoms in total. The summed E-state index contributed by atoms with van der Waals surface area (Å²) in [7, 11) is 0. The Labute approximate surface area is 229 Å². The van der Waals surface area contributed by atoms with Gasteiger partial charge in [0.2, 0.25) is 17.8 Å². The van der Waals surface area contributed by atoms with Crippen molar-refractivity contribution in [3.05, 3.63) is 29.7 Å². The Morgan fingerprint density at radius 1 is 1.18 bits per heavy atom. The second kappa shape index (κ2) is 11.2. The maximum Gasteiger partial charge on any atom is 0.408 e. The van der Waals surface area contributed by atoms with Gasteiger partial charge in [0.25, 0.3) is 0 Å². The van der Waals surface area contributed by atoms with Gasteiger partial charge in [0.15, 0.2) is 5.65 Å². The first-order valence-corrected chi connectivity index (χ1v) is 13.4. The number of imidazole rings is 1. The highest BCUT2D eigenvalue weighted by Crippen LogP contribution is 2.44. The normalized spacial score (nSPS) is 20.6. The topological polar surface area (TPSA) is 121 Å². The number of hydrogen-bond donors (Lipinski definition) is 2. The molecule has 0 bridgehead atoms. The van der Waals surface area contributed by atoms with Gasteiger partial charge in [0.1, 0.15) is 11.6 Å². The average molecular weight is 567 g/mol. The molecule has 0 aromatic carbocycles. The average Bonchev–Trinajstić information content (AvgIpc) is 3.23. The van der Waals surface area contributed by atoms with E-state index in [9.17, 15) is 32.4 Å². The van der Waals surface area contributed by atoms with Crippen LogP contribution in [0.25, 0.3) is 5.65 Å². The predicted molar refractivity (Wildman–Crippen MR) is 136 cm³/mol. The van der Waals surface area contributed by atoms with Crippen LogP contribution >= 0.6 is 0 Å². The van der Waals surface area contributed by atoms with Crippen LogP contribution in [-0.2, 0) is 16.0 Å². The van der Waals surface area contributed by atoms with E-state index in [2.05, 4.69) is 20.7 Å². The van der Waals surface area contributed by atoms with E-state index in [1.807, 2.05) is 6.07 Å². The van der Waals surface area contributed by atoms with Crippen molar-refractivity contribution in [2.45, 2.75) is 102 Å². The molecule has 2 fully saturated rings. The number of carbonyl (C=O) groups is 2. The molecule has 2 aliphatic rings. The second-order valence-electron chi connectivity index (χ2n) is 11.9. The number of nitriles is 1. The molecule has 2 N–H and O–H groups in total. The lowest BCUT2D eigenvalue weighted by molar-refractivity contribution is -0.133. The minimum absolute atomic E-state index is 0.0617. The van der Waals surface area contributed by atoms with Crippen LogP contribution in [0, 0.1) is 23.2 Å². The number of fused-ring (bicyclic) bond motifs is 1. The molecule has 2 atom stereocenters. The number of nitrogens with one attached hydrogen (secondary N) is 2. The number of hydrogen-bond acceptors (Lipinski definition) is 6. The van der Waals surface area contributed by atoms with Crippen LogP contribution < -0.4 is 10.6 Å². The monoisotopic (exact) mass is 566 g/mol. The number of rotatable bonds is 8. The van der Waals surface area contributed by atoms with Crippen LogP contribution in [0.15, 0.2) is 18.5 Å². The van der Waals surface area contributed by atoms with Gasteiger partial charge in [-0.3, -0.25) is 4.79 Å². The minimum Gasteiger partial charge on any atom is -0.444 e. The van der Waals surface area contributed by atoms with Crippen molar-refractivity contribution >= 4 is 17.6 Å². The number of aromatic nitrogens is 3. The number of alkyl carbamates (subject to hydrolysis) is 1. The fraction of sp³-hybridized carbons (Fsp3) is 0.667. The van der Waals surface area contributed by atoms with Crippen LogP contribution in [0.4, 0.5) is 22.4 Å². The summed E-state index contributed by atoms with van der Waals surface area (Å²) < 4.78 is 60.7. The fourth-order valence-corrected chi connectivity index (χ4v) is 5.27. The van der Waals surface area contributed by atoms with Crippen molar-refractivity contribution in [3.8, 4) is 6.07 Å². The summed E-state index contributed by atoms with van der Waals surface area (Å²) in [5.41, 5.74) is 0.692. The van der Waals surface area contributed by atoms with Crippen molar-refractivity contribution < 1.29 is 31.9 Å². The van der Waals surface area contributed by atoms with Gasteiger partial charge in [0.05, 0.1) is 30.2 Å². The first-order chi connectivity index (χ1) is 18.6. The Balaban J connectivity index is 1.47. The summed E-state index contributed by atoms with van der Waals surface area (Å²) in [6.45, 7) is 5.17. The number of ether oxygens (including phenoxy) is 1. The molecule has 0 radical (unpaired) electrons. The van der Waals surface area contributed by atoms with Gasteiger partial charge in [-0.2, -0.15) is 10.4 Å². The maximum atomic E-state index is 13.8. The molecule has 0 aliphatic heterocycles. The Kier molecular flexibility index (Phi) is 8.28. The van der Waals surface area contributed by atoms with Gasteiger partial charge < -0.3 is 15.4 Å². The molecule has 218 valence electrons. The standard InChI is InChI=1S/C27H34F4N6O3/c1-25(2,3)40-24(39)36-23(18-4-6-26(28,29)7-5-18)20-15-37-21(35-20)9-16(14-33-37)8-19(13-32)34-22(38)10-17-11-27(30,31)12-17/h9,14-15,17-19,23H,4-8,10-12H2,1-3H3,(H,34,38)(H,36,39)/t19-,23-/m0/s1. The van der Waals surface area contributed by atoms with Crippen molar-refractivity contribution in [2.75, 3.05) is 0 Å². The molecule has 0 saturated heterocycles. The van der Waals surface area contributed by atoms with Crippen LogP contribution in [-0.4, -0.2) is 50.1 Å². The molecule has 2 aliphatic carbocycles. The Bertz CT molecular complexity index is 1270. The van der Waals surface area contributed by atoms with Crippen LogP contribution in [0.1, 0.15) is 83.0 Å². The lowest BCUT2D eigenvalue weighted by Gasteiger charge is -2.34. The summed E-state index contributed by atoms with van der Waals surface area (Å²) in [6.07, 6.45) is 1.67. The third-order valence-electron chi connectivity index (χ3n) is 7.20. The number of carbonyl (C=O) groups excluding carboxylic acids is 2. The van der Waals surface area contributed by atoms with E-state index in [1.54, 1.807) is 33.0 Å². The van der Waals surface area contributed by atoms with E-state index >= 15 is 0 Å². The third kappa shape index (κ3) is 7.82.